The highest BCUT2D eigenvalue weighted by Crippen LogP contribution is 2.42. The number of oxime groups is 1. The molecule has 0 saturated carbocycles. The van der Waals surface area contributed by atoms with Crippen molar-refractivity contribution in [3.63, 3.8) is 0 Å². The van der Waals surface area contributed by atoms with Crippen molar-refractivity contribution in [1.29, 1.82) is 0 Å². The van der Waals surface area contributed by atoms with Crippen molar-refractivity contribution in [2.75, 3.05) is 54.2 Å². The third kappa shape index (κ3) is 16.6. The van der Waals surface area contributed by atoms with Crippen molar-refractivity contribution in [3.8, 4) is 0 Å². The number of ether oxygens (including phenoxy) is 9. The van der Waals surface area contributed by atoms with Gasteiger partial charge in [0.1, 0.15) is 35.6 Å². The Morgan fingerprint density at radius 2 is 1.57 bits per heavy atom. The van der Waals surface area contributed by atoms with Gasteiger partial charge in [0.2, 0.25) is 5.43 Å². The summed E-state index contributed by atoms with van der Waals surface area (Å²) in [6.07, 6.45) is -7.48. The van der Waals surface area contributed by atoms with E-state index in [2.05, 4.69) is 5.16 Å². The van der Waals surface area contributed by atoms with Crippen molar-refractivity contribution in [3.05, 3.63) is 45.7 Å². The number of carbonyl (C=O) groups is 3. The van der Waals surface area contributed by atoms with Gasteiger partial charge in [0, 0.05) is 62.1 Å². The lowest BCUT2D eigenvalue weighted by molar-refractivity contribution is -0.318. The number of carboxylic acid groups (broad SMARTS) is 1. The van der Waals surface area contributed by atoms with Crippen LogP contribution >= 0.6 is 0 Å². The van der Waals surface area contributed by atoms with E-state index < -0.39 is 119 Å². The Morgan fingerprint density at radius 1 is 0.889 bits per heavy atom. The van der Waals surface area contributed by atoms with Crippen LogP contribution in [0, 0.1) is 23.7 Å². The molecular formula is C59H95N3O19. The number of carboxylic acids is 1. The van der Waals surface area contributed by atoms with Crippen LogP contribution in [0.2, 0.25) is 0 Å². The molecule has 5 rings (SSSR count). The molecule has 0 unspecified atom stereocenters. The smallest absolute Gasteiger partial charge is 0.341 e. The maximum Gasteiger partial charge on any atom is 0.341 e. The number of carbonyl (C=O) groups excluding carboxylic acids is 2. The van der Waals surface area contributed by atoms with Gasteiger partial charge in [-0.25, -0.2) is 4.79 Å². The first-order valence-electron chi connectivity index (χ1n) is 28.9. The van der Waals surface area contributed by atoms with Crippen molar-refractivity contribution in [2.45, 2.75) is 219 Å². The van der Waals surface area contributed by atoms with Crippen LogP contribution in [0.15, 0.2) is 34.3 Å². The predicted octanol–water partition coefficient (Wildman–Crippen LogP) is 5.25. The molecule has 460 valence electrons. The molecule has 0 amide bonds. The number of hydrogen-bond acceptors (Lipinski definition) is 20. The average molecular weight is 1150 g/mol. The second kappa shape index (κ2) is 29.6. The van der Waals surface area contributed by atoms with Gasteiger partial charge in [0.25, 0.3) is 0 Å². The molecule has 1 aromatic heterocycles. The lowest BCUT2D eigenvalue weighted by atomic mass is 9.73. The molecule has 81 heavy (non-hydrogen) atoms. The van der Waals surface area contributed by atoms with Crippen LogP contribution in [-0.2, 0) is 70.0 Å². The zero-order valence-corrected chi connectivity index (χ0v) is 50.5. The van der Waals surface area contributed by atoms with E-state index in [-0.39, 0.29) is 69.8 Å². The Kier molecular flexibility index (Phi) is 24.7. The zero-order chi connectivity index (χ0) is 60.3. The standard InChI is InChI=1S/C59H95N3O19/c1-16-44-59(12,71)51(66)35(6)47(60-75-18-3)33(4)30-57(10,70)52(81-56-49(65)43(61(13)14)28-34(5)76-56)36(7)50(37(8)55(69)78-44)80-46-31-58(11,72-15)53(38(9)77-46)79-45(63)23-25-74-27-26-73-24-19-20-39-21-22-42-40(29-39)48(64)41(54(67)68)32-62(42)17-2/h21-22,29,32-38,43-44,46,49-53,56,65-66,70-71H,16-20,23-28,30-31H2,1-15H3,(H,67,68)/b60-47+/t33-,34+,35+,36+,37-,38+,43-,44-,46+,49+,50+,51-,52-,53+,56-,57-,58-,59-/m1/s1. The quantitative estimate of drug-likeness (QED) is 0.0572. The molecule has 0 aliphatic carbocycles. The molecule has 22 nitrogen and oxygen atoms in total. The number of rotatable bonds is 22. The van der Waals surface area contributed by atoms with Gasteiger partial charge < -0.3 is 82.5 Å². The molecule has 3 saturated heterocycles. The minimum absolute atomic E-state index is 0.00866. The average Bonchev–Trinajstić information content (AvgIpc) is 3.48. The van der Waals surface area contributed by atoms with Crippen molar-refractivity contribution in [2.24, 2.45) is 28.8 Å². The highest BCUT2D eigenvalue weighted by atomic mass is 16.7. The van der Waals surface area contributed by atoms with Crippen molar-refractivity contribution in [1.82, 2.24) is 9.47 Å². The number of aromatic carboxylic acids is 1. The highest BCUT2D eigenvalue weighted by Gasteiger charge is 2.54. The predicted molar refractivity (Wildman–Crippen MR) is 300 cm³/mol. The van der Waals surface area contributed by atoms with E-state index in [1.807, 2.05) is 51.9 Å². The Hall–Kier alpha value is -4.17. The Balaban J connectivity index is 1.29. The van der Waals surface area contributed by atoms with E-state index >= 15 is 0 Å². The van der Waals surface area contributed by atoms with E-state index in [0.717, 1.165) is 5.56 Å². The molecule has 0 spiro atoms. The summed E-state index contributed by atoms with van der Waals surface area (Å²) < 4.78 is 58.0. The first-order chi connectivity index (χ1) is 38.1. The van der Waals surface area contributed by atoms with E-state index in [4.69, 9.17) is 47.5 Å². The van der Waals surface area contributed by atoms with Gasteiger partial charge in [-0.3, -0.25) is 14.4 Å². The van der Waals surface area contributed by atoms with Gasteiger partial charge in [0.05, 0.1) is 79.5 Å². The molecule has 1 aromatic carbocycles. The summed E-state index contributed by atoms with van der Waals surface area (Å²) in [4.78, 5) is 60.1. The van der Waals surface area contributed by atoms with Crippen LogP contribution in [0.5, 0.6) is 0 Å². The summed E-state index contributed by atoms with van der Waals surface area (Å²) in [5.41, 5.74) is -3.84. The highest BCUT2D eigenvalue weighted by molar-refractivity contribution is 5.92. The summed E-state index contributed by atoms with van der Waals surface area (Å²) in [5, 5.41) is 63.0. The molecule has 0 radical (unpaired) electrons. The zero-order valence-electron chi connectivity index (χ0n) is 50.5. The number of aliphatic hydroxyl groups is 4. The molecule has 3 aliphatic heterocycles. The number of benzene rings is 1. The monoisotopic (exact) mass is 1150 g/mol. The fraction of sp³-hybridized carbons (Fsp3) is 0.780. The molecular weight excluding hydrogens is 1050 g/mol. The maximum absolute atomic E-state index is 14.6. The number of hydrogen-bond donors (Lipinski definition) is 5. The lowest BCUT2D eigenvalue weighted by Crippen LogP contribution is -2.61. The third-order valence-corrected chi connectivity index (χ3v) is 16.7. The number of esters is 2. The number of aliphatic hydroxyl groups excluding tert-OH is 2. The molecule has 18 atom stereocenters. The normalized spacial score (nSPS) is 36.1. The summed E-state index contributed by atoms with van der Waals surface area (Å²) in [7, 11) is 5.19. The number of cyclic esters (lactones) is 1. The maximum atomic E-state index is 14.6. The van der Waals surface area contributed by atoms with Crippen LogP contribution in [0.3, 0.4) is 0 Å². The summed E-state index contributed by atoms with van der Waals surface area (Å²) >= 11 is 0. The first-order valence-corrected chi connectivity index (χ1v) is 28.9. The molecule has 0 bridgehead atoms. The molecule has 5 N–H and O–H groups in total. The molecule has 2 aromatic rings. The van der Waals surface area contributed by atoms with Gasteiger partial charge in [-0.15, -0.1) is 0 Å². The van der Waals surface area contributed by atoms with Crippen molar-refractivity contribution < 1.29 is 87.4 Å². The second-order valence-electron chi connectivity index (χ2n) is 23.4. The van der Waals surface area contributed by atoms with Crippen LogP contribution in [0.25, 0.3) is 10.9 Å². The fourth-order valence-corrected chi connectivity index (χ4v) is 12.0. The van der Waals surface area contributed by atoms with Gasteiger partial charge in [0.15, 0.2) is 18.7 Å². The van der Waals surface area contributed by atoms with Crippen LogP contribution in [0.4, 0.5) is 0 Å². The molecule has 3 fully saturated rings. The number of likely N-dealkylation sites (N-methyl/N-ethyl adjacent to an activating group) is 1. The van der Waals surface area contributed by atoms with Gasteiger partial charge in [-0.1, -0.05) is 38.9 Å². The number of methoxy groups -OCH3 is 1. The minimum Gasteiger partial charge on any atom is -0.477 e. The van der Waals surface area contributed by atoms with Crippen LogP contribution in [-0.4, -0.2) is 197 Å². The second-order valence-corrected chi connectivity index (χ2v) is 23.4. The molecule has 4 heterocycles. The Bertz CT molecular complexity index is 2470. The number of pyridine rings is 1. The van der Waals surface area contributed by atoms with E-state index in [0.29, 0.717) is 49.0 Å². The Morgan fingerprint density at radius 3 is 2.19 bits per heavy atom. The lowest BCUT2D eigenvalue weighted by Gasteiger charge is -2.49. The van der Waals surface area contributed by atoms with E-state index in [9.17, 15) is 44.7 Å². The van der Waals surface area contributed by atoms with Crippen LogP contribution < -0.4 is 5.43 Å². The SMILES string of the molecule is CCO/N=C1\[C@H](C)C[C@@](C)(O)[C@H](O[C@H]2O[C@@H](C)C[C@@H](N(C)C)[C@@H]2O)[C@@H](C)[C@H](O[C@H]2C[C@@](C)(OC)[C@@H](OC(=O)CCOCCOCCCc3ccc4c(c3)c(=O)c(C(=O)O)cn4CC)[C@H](C)O2)[C@@H](C)C(=O)O[C@H](CC)[C@@](C)(O)[C@H](O)[C@H]1C. The number of nitrogens with zero attached hydrogens (tertiary/aromatic N) is 3. The Labute approximate surface area is 477 Å². The molecule has 3 aliphatic rings. The van der Waals surface area contributed by atoms with E-state index in [1.165, 1.54) is 20.2 Å². The van der Waals surface area contributed by atoms with Gasteiger partial charge in [-0.2, -0.15) is 0 Å². The first kappa shape index (κ1) is 67.6. The topological polar surface area (TPSA) is 282 Å². The number of aromatic nitrogens is 1. The van der Waals surface area contributed by atoms with E-state index in [1.54, 1.807) is 66.0 Å². The summed E-state index contributed by atoms with van der Waals surface area (Å²) in [5.74, 6) is -6.07. The summed E-state index contributed by atoms with van der Waals surface area (Å²) in [6, 6.07) is 5.13. The van der Waals surface area contributed by atoms with Gasteiger partial charge in [-0.05, 0) is 119 Å². The number of fused-ring (bicyclic) bond motifs is 1. The van der Waals surface area contributed by atoms with Gasteiger partial charge >= 0.3 is 17.9 Å². The third-order valence-electron chi connectivity index (χ3n) is 16.7. The minimum atomic E-state index is -1.98. The van der Waals surface area contributed by atoms with Crippen LogP contribution in [0.1, 0.15) is 138 Å². The van der Waals surface area contributed by atoms with Crippen molar-refractivity contribution >= 4 is 34.5 Å². The number of aryl methyl sites for hydroxylation is 2. The molecule has 22 heteroatoms. The largest absolute Gasteiger partial charge is 0.477 e. The fourth-order valence-electron chi connectivity index (χ4n) is 12.0. The summed E-state index contributed by atoms with van der Waals surface area (Å²) in [6.45, 7) is 22.3.